The fourth-order valence-electron chi connectivity index (χ4n) is 1.76. The van der Waals surface area contributed by atoms with Gasteiger partial charge in [0.05, 0.1) is 6.20 Å². The van der Waals surface area contributed by atoms with Gasteiger partial charge in [0.2, 0.25) is 0 Å². The minimum atomic E-state index is -1.04. The maximum absolute atomic E-state index is 12.8. The van der Waals surface area contributed by atoms with Crippen molar-refractivity contribution in [1.82, 2.24) is 20.8 Å². The molecular weight excluding hydrogens is 434 g/mol. The molecule has 1 aromatic heterocycles. The highest BCUT2D eigenvalue weighted by atomic mass is 79.9. The fraction of sp³-hybridized carbons (Fsp3) is 0.588. The number of anilines is 1. The first-order valence-corrected chi connectivity index (χ1v) is 9.36. The van der Waals surface area contributed by atoms with E-state index in [0.29, 0.717) is 11.3 Å². The standard InChI is InChI=1S/C17H26BrN5O5/c1-8-17(5,6)28-15(26)23(14(25)27-16(2,3)4)12-11(13(24)22-19-7)21-10(18)9-20-12/h9,19H,8H2,1-7H3,(H,22,24). The van der Waals surface area contributed by atoms with Gasteiger partial charge in [0, 0.05) is 7.05 Å². The van der Waals surface area contributed by atoms with Crippen LogP contribution in [-0.4, -0.2) is 46.3 Å². The Hall–Kier alpha value is -2.27. The molecule has 0 fully saturated rings. The molecule has 0 aliphatic heterocycles. The molecule has 1 rings (SSSR count). The second-order valence-corrected chi connectivity index (χ2v) is 8.18. The molecular formula is C17H26BrN5O5. The molecule has 0 aromatic carbocycles. The highest BCUT2D eigenvalue weighted by Crippen LogP contribution is 2.24. The van der Waals surface area contributed by atoms with Crippen LogP contribution in [-0.2, 0) is 9.47 Å². The number of nitrogens with zero attached hydrogens (tertiary/aromatic N) is 3. The third kappa shape index (κ3) is 6.71. The second kappa shape index (κ2) is 9.28. The van der Waals surface area contributed by atoms with Crippen molar-refractivity contribution in [3.8, 4) is 0 Å². The average Bonchev–Trinajstić information content (AvgIpc) is 2.54. The first-order chi connectivity index (χ1) is 12.8. The Bertz CT molecular complexity index is 748. The van der Waals surface area contributed by atoms with Gasteiger partial charge in [-0.05, 0) is 57.0 Å². The van der Waals surface area contributed by atoms with Crippen LogP contribution in [0.4, 0.5) is 15.4 Å². The molecule has 28 heavy (non-hydrogen) atoms. The van der Waals surface area contributed by atoms with E-state index >= 15 is 0 Å². The average molecular weight is 460 g/mol. The van der Waals surface area contributed by atoms with Crippen LogP contribution in [0.1, 0.15) is 58.5 Å². The maximum atomic E-state index is 12.8. The van der Waals surface area contributed by atoms with Crippen LogP contribution in [0.5, 0.6) is 0 Å². The maximum Gasteiger partial charge on any atom is 0.425 e. The van der Waals surface area contributed by atoms with E-state index in [1.54, 1.807) is 34.6 Å². The number of halogens is 1. The Labute approximate surface area is 172 Å². The Morgan fingerprint density at radius 3 is 2.21 bits per heavy atom. The van der Waals surface area contributed by atoms with Gasteiger partial charge in [-0.3, -0.25) is 10.2 Å². The first-order valence-electron chi connectivity index (χ1n) is 8.57. The van der Waals surface area contributed by atoms with Crippen LogP contribution < -0.4 is 15.8 Å². The number of hydrogen-bond acceptors (Lipinski definition) is 8. The van der Waals surface area contributed by atoms with Gasteiger partial charge in [-0.2, -0.15) is 4.90 Å². The Morgan fingerprint density at radius 2 is 1.71 bits per heavy atom. The number of hydrazine groups is 1. The summed E-state index contributed by atoms with van der Waals surface area (Å²) in [6.07, 6.45) is -0.322. The number of carbonyl (C=O) groups excluding carboxylic acids is 3. The van der Waals surface area contributed by atoms with Crippen LogP contribution >= 0.6 is 15.9 Å². The minimum absolute atomic E-state index is 0.240. The van der Waals surface area contributed by atoms with E-state index in [1.165, 1.54) is 13.2 Å². The smallest absolute Gasteiger partial charge is 0.425 e. The molecule has 11 heteroatoms. The summed E-state index contributed by atoms with van der Waals surface area (Å²) < 4.78 is 11.0. The summed E-state index contributed by atoms with van der Waals surface area (Å²) in [5.41, 5.74) is 2.76. The highest BCUT2D eigenvalue weighted by Gasteiger charge is 2.37. The number of ether oxygens (including phenoxy) is 2. The fourth-order valence-corrected chi connectivity index (χ4v) is 2.04. The van der Waals surface area contributed by atoms with Crippen molar-refractivity contribution in [2.45, 2.75) is 59.2 Å². The van der Waals surface area contributed by atoms with Crippen LogP contribution in [0, 0.1) is 0 Å². The van der Waals surface area contributed by atoms with Crippen molar-refractivity contribution in [1.29, 1.82) is 0 Å². The molecule has 0 saturated carbocycles. The predicted octanol–water partition coefficient (Wildman–Crippen LogP) is 3.17. The Morgan fingerprint density at radius 1 is 1.14 bits per heavy atom. The lowest BCUT2D eigenvalue weighted by atomic mass is 10.1. The van der Waals surface area contributed by atoms with Gasteiger partial charge in [0.25, 0.3) is 5.91 Å². The van der Waals surface area contributed by atoms with Crippen LogP contribution in [0.25, 0.3) is 0 Å². The van der Waals surface area contributed by atoms with Gasteiger partial charge in [0.15, 0.2) is 11.5 Å². The topological polar surface area (TPSA) is 123 Å². The third-order valence-corrected chi connectivity index (χ3v) is 3.74. The van der Waals surface area contributed by atoms with E-state index in [4.69, 9.17) is 9.47 Å². The number of rotatable bonds is 5. The van der Waals surface area contributed by atoms with E-state index in [2.05, 4.69) is 36.7 Å². The van der Waals surface area contributed by atoms with Gasteiger partial charge in [-0.1, -0.05) is 6.92 Å². The number of carbonyl (C=O) groups is 3. The van der Waals surface area contributed by atoms with Crippen LogP contribution in [0.3, 0.4) is 0 Å². The lowest BCUT2D eigenvalue weighted by Gasteiger charge is -2.29. The zero-order valence-corrected chi connectivity index (χ0v) is 18.6. The summed E-state index contributed by atoms with van der Waals surface area (Å²) in [4.78, 5) is 46.6. The van der Waals surface area contributed by atoms with Gasteiger partial charge >= 0.3 is 12.2 Å². The summed E-state index contributed by atoms with van der Waals surface area (Å²) >= 11 is 3.12. The van der Waals surface area contributed by atoms with E-state index in [9.17, 15) is 14.4 Å². The molecule has 0 atom stereocenters. The molecule has 2 N–H and O–H groups in total. The molecule has 0 saturated heterocycles. The lowest BCUT2D eigenvalue weighted by molar-refractivity contribution is 0.0329. The van der Waals surface area contributed by atoms with Gasteiger partial charge < -0.3 is 9.47 Å². The summed E-state index contributed by atoms with van der Waals surface area (Å²) in [7, 11) is 1.48. The minimum Gasteiger partial charge on any atom is -0.443 e. The molecule has 1 heterocycles. The summed E-state index contributed by atoms with van der Waals surface area (Å²) in [5, 5.41) is 0. The zero-order chi connectivity index (χ0) is 21.7. The van der Waals surface area contributed by atoms with Gasteiger partial charge in [-0.25, -0.2) is 25.0 Å². The molecule has 0 aliphatic rings. The molecule has 3 amide bonds. The Kier molecular flexibility index (Phi) is 7.88. The molecule has 0 unspecified atom stereocenters. The predicted molar refractivity (Wildman–Crippen MR) is 106 cm³/mol. The number of amides is 3. The summed E-state index contributed by atoms with van der Waals surface area (Å²) in [5.74, 6) is -1.02. The van der Waals surface area contributed by atoms with Crippen LogP contribution in [0.15, 0.2) is 10.8 Å². The van der Waals surface area contributed by atoms with Crippen molar-refractivity contribution < 1.29 is 23.9 Å². The van der Waals surface area contributed by atoms with E-state index in [1.807, 2.05) is 6.92 Å². The second-order valence-electron chi connectivity index (χ2n) is 7.37. The number of imide groups is 1. The van der Waals surface area contributed by atoms with Crippen molar-refractivity contribution in [3.05, 3.63) is 16.5 Å². The van der Waals surface area contributed by atoms with Crippen molar-refractivity contribution in [3.63, 3.8) is 0 Å². The molecule has 0 bridgehead atoms. The van der Waals surface area contributed by atoms with E-state index in [0.717, 1.165) is 0 Å². The van der Waals surface area contributed by atoms with Crippen molar-refractivity contribution in [2.24, 2.45) is 0 Å². The Balaban J connectivity index is 3.49. The molecule has 156 valence electrons. The zero-order valence-electron chi connectivity index (χ0n) is 17.0. The molecule has 10 nitrogen and oxygen atoms in total. The third-order valence-electron chi connectivity index (χ3n) is 3.36. The van der Waals surface area contributed by atoms with E-state index in [-0.39, 0.29) is 16.1 Å². The SMILES string of the molecule is CCC(C)(C)OC(=O)N(C(=O)OC(C)(C)C)c1ncc(Br)nc1C(=O)NNC. The largest absolute Gasteiger partial charge is 0.443 e. The van der Waals surface area contributed by atoms with Gasteiger partial charge in [0.1, 0.15) is 15.8 Å². The molecule has 0 spiro atoms. The molecule has 0 aliphatic carbocycles. The quantitative estimate of drug-likeness (QED) is 0.643. The van der Waals surface area contributed by atoms with E-state index < -0.39 is 29.3 Å². The molecule has 0 radical (unpaired) electrons. The van der Waals surface area contributed by atoms with Crippen LogP contribution in [0.2, 0.25) is 0 Å². The first kappa shape index (κ1) is 23.8. The number of hydrogen-bond donors (Lipinski definition) is 2. The summed E-state index contributed by atoms with van der Waals surface area (Å²) in [6, 6.07) is 0. The van der Waals surface area contributed by atoms with Gasteiger partial charge in [-0.15, -0.1) is 0 Å². The molecule has 1 aromatic rings. The monoisotopic (exact) mass is 459 g/mol. The highest BCUT2D eigenvalue weighted by molar-refractivity contribution is 9.10. The number of nitrogens with one attached hydrogen (secondary N) is 2. The summed E-state index contributed by atoms with van der Waals surface area (Å²) in [6.45, 7) is 10.2. The number of aromatic nitrogens is 2. The normalized spacial score (nSPS) is 11.6. The lowest BCUT2D eigenvalue weighted by Crippen LogP contribution is -2.46. The van der Waals surface area contributed by atoms with Crippen molar-refractivity contribution in [2.75, 3.05) is 11.9 Å². The van der Waals surface area contributed by atoms with Crippen molar-refractivity contribution >= 4 is 39.8 Å².